The molecule has 0 bridgehead atoms. The molecule has 104 valence electrons. The zero-order chi connectivity index (χ0) is 14.6. The highest BCUT2D eigenvalue weighted by Crippen LogP contribution is 2.39. The van der Waals surface area contributed by atoms with Crippen molar-refractivity contribution in [2.75, 3.05) is 7.11 Å². The number of rotatable bonds is 5. The van der Waals surface area contributed by atoms with Gasteiger partial charge in [-0.2, -0.15) is 0 Å². The smallest absolute Gasteiger partial charge is 0.230 e. The van der Waals surface area contributed by atoms with Crippen LogP contribution in [0, 0.1) is 0 Å². The Labute approximate surface area is 119 Å². The molecule has 0 aliphatic carbocycles. The molecule has 0 aliphatic rings. The summed E-state index contributed by atoms with van der Waals surface area (Å²) < 4.78 is 5.62. The second-order valence-corrected chi connectivity index (χ2v) is 4.96. The van der Waals surface area contributed by atoms with Crippen LogP contribution in [0.15, 0.2) is 60.7 Å². The van der Waals surface area contributed by atoms with E-state index in [-0.39, 0.29) is 0 Å². The number of methoxy groups -OCH3 is 1. The number of nitrogens with two attached hydrogens (primary N) is 1. The third kappa shape index (κ3) is 2.45. The Morgan fingerprint density at radius 3 is 2.00 bits per heavy atom. The van der Waals surface area contributed by atoms with Gasteiger partial charge >= 0.3 is 0 Å². The summed E-state index contributed by atoms with van der Waals surface area (Å²) in [4.78, 5) is 12.1. The molecule has 0 saturated carbocycles. The van der Waals surface area contributed by atoms with Crippen LogP contribution in [0.5, 0.6) is 0 Å². The molecule has 0 spiro atoms. The summed E-state index contributed by atoms with van der Waals surface area (Å²) in [6.45, 7) is 1.83. The SMILES string of the molecule is COC(c1ccccc1)C(C)(C(N)=O)c1ccccc1. The van der Waals surface area contributed by atoms with Crippen molar-refractivity contribution in [2.45, 2.75) is 18.4 Å². The third-order valence-corrected chi connectivity index (χ3v) is 3.75. The molecule has 0 aromatic heterocycles. The fraction of sp³-hybridized carbons (Fsp3) is 0.235. The van der Waals surface area contributed by atoms with Gasteiger partial charge in [0.2, 0.25) is 5.91 Å². The van der Waals surface area contributed by atoms with Crippen LogP contribution in [0.3, 0.4) is 0 Å². The maximum Gasteiger partial charge on any atom is 0.230 e. The van der Waals surface area contributed by atoms with Crippen LogP contribution < -0.4 is 5.73 Å². The van der Waals surface area contributed by atoms with Crippen LogP contribution in [0.25, 0.3) is 0 Å². The number of hydrogen-bond donors (Lipinski definition) is 1. The molecular weight excluding hydrogens is 250 g/mol. The molecule has 20 heavy (non-hydrogen) atoms. The summed E-state index contributed by atoms with van der Waals surface area (Å²) in [5.74, 6) is -0.403. The van der Waals surface area contributed by atoms with E-state index in [2.05, 4.69) is 0 Å². The molecule has 2 N–H and O–H groups in total. The van der Waals surface area contributed by atoms with Crippen LogP contribution in [0.4, 0.5) is 0 Å². The lowest BCUT2D eigenvalue weighted by molar-refractivity contribution is -0.128. The molecule has 3 nitrogen and oxygen atoms in total. The topological polar surface area (TPSA) is 52.3 Å². The molecule has 2 unspecified atom stereocenters. The molecule has 3 heteroatoms. The Bertz CT molecular complexity index is 568. The average molecular weight is 269 g/mol. The molecule has 0 radical (unpaired) electrons. The molecule has 2 rings (SSSR count). The number of hydrogen-bond acceptors (Lipinski definition) is 2. The number of carbonyl (C=O) groups is 1. The van der Waals surface area contributed by atoms with E-state index in [0.29, 0.717) is 0 Å². The van der Waals surface area contributed by atoms with E-state index in [1.54, 1.807) is 7.11 Å². The monoisotopic (exact) mass is 269 g/mol. The van der Waals surface area contributed by atoms with Gasteiger partial charge in [0, 0.05) is 7.11 Å². The van der Waals surface area contributed by atoms with Gasteiger partial charge in [-0.15, -0.1) is 0 Å². The first-order chi connectivity index (χ1) is 9.60. The summed E-state index contributed by atoms with van der Waals surface area (Å²) in [6.07, 6.45) is -0.427. The Morgan fingerprint density at radius 2 is 1.55 bits per heavy atom. The Balaban J connectivity index is 2.55. The van der Waals surface area contributed by atoms with E-state index in [0.717, 1.165) is 11.1 Å². The summed E-state index contributed by atoms with van der Waals surface area (Å²) in [5, 5.41) is 0. The zero-order valence-corrected chi connectivity index (χ0v) is 11.7. The summed E-state index contributed by atoms with van der Waals surface area (Å²) in [5.41, 5.74) is 6.56. The molecule has 2 aromatic rings. The highest BCUT2D eigenvalue weighted by atomic mass is 16.5. The fourth-order valence-electron chi connectivity index (χ4n) is 2.54. The van der Waals surface area contributed by atoms with E-state index >= 15 is 0 Å². The van der Waals surface area contributed by atoms with Gasteiger partial charge in [-0.1, -0.05) is 60.7 Å². The van der Waals surface area contributed by atoms with E-state index in [1.807, 2.05) is 67.6 Å². The van der Waals surface area contributed by atoms with Crippen molar-refractivity contribution < 1.29 is 9.53 Å². The molecular formula is C17H19NO2. The highest BCUT2D eigenvalue weighted by molar-refractivity contribution is 5.87. The Morgan fingerprint density at radius 1 is 1.05 bits per heavy atom. The molecule has 0 saturated heterocycles. The summed E-state index contributed by atoms with van der Waals surface area (Å²) in [6, 6.07) is 19.2. The largest absolute Gasteiger partial charge is 0.375 e. The number of benzene rings is 2. The minimum absolute atomic E-state index is 0.403. The lowest BCUT2D eigenvalue weighted by Gasteiger charge is -2.34. The van der Waals surface area contributed by atoms with Crippen molar-refractivity contribution in [3.05, 3.63) is 71.8 Å². The number of amides is 1. The Kier molecular flexibility index (Phi) is 4.20. The number of ether oxygens (including phenoxy) is 1. The van der Waals surface area contributed by atoms with E-state index in [4.69, 9.17) is 10.5 Å². The van der Waals surface area contributed by atoms with Gasteiger partial charge < -0.3 is 10.5 Å². The summed E-state index contributed by atoms with van der Waals surface area (Å²) in [7, 11) is 1.60. The average Bonchev–Trinajstić information content (AvgIpc) is 2.49. The van der Waals surface area contributed by atoms with Gasteiger partial charge in [0.15, 0.2) is 0 Å². The molecule has 0 fully saturated rings. The first-order valence-electron chi connectivity index (χ1n) is 6.54. The van der Waals surface area contributed by atoms with Gasteiger partial charge in [0.05, 0.1) is 0 Å². The van der Waals surface area contributed by atoms with Crippen molar-refractivity contribution in [1.82, 2.24) is 0 Å². The minimum atomic E-state index is -0.919. The first kappa shape index (κ1) is 14.3. The maximum absolute atomic E-state index is 12.1. The van der Waals surface area contributed by atoms with Crippen molar-refractivity contribution in [3.63, 3.8) is 0 Å². The first-order valence-corrected chi connectivity index (χ1v) is 6.54. The van der Waals surface area contributed by atoms with Crippen LogP contribution in [0.1, 0.15) is 24.2 Å². The quantitative estimate of drug-likeness (QED) is 0.907. The highest BCUT2D eigenvalue weighted by Gasteiger charge is 2.42. The van der Waals surface area contributed by atoms with Crippen molar-refractivity contribution in [3.8, 4) is 0 Å². The second kappa shape index (κ2) is 5.88. The van der Waals surface area contributed by atoms with Gasteiger partial charge in [-0.25, -0.2) is 0 Å². The van der Waals surface area contributed by atoms with Gasteiger partial charge in [-0.05, 0) is 18.1 Å². The van der Waals surface area contributed by atoms with Crippen LogP contribution >= 0.6 is 0 Å². The predicted octanol–water partition coefficient (Wildman–Crippen LogP) is 2.82. The van der Waals surface area contributed by atoms with Gasteiger partial charge in [-0.3, -0.25) is 4.79 Å². The number of primary amides is 1. The van der Waals surface area contributed by atoms with Crippen molar-refractivity contribution in [2.24, 2.45) is 5.73 Å². The van der Waals surface area contributed by atoms with Crippen LogP contribution in [0.2, 0.25) is 0 Å². The molecule has 0 heterocycles. The Hall–Kier alpha value is -2.13. The maximum atomic E-state index is 12.1. The third-order valence-electron chi connectivity index (χ3n) is 3.75. The molecule has 1 amide bonds. The van der Waals surface area contributed by atoms with Crippen LogP contribution in [-0.2, 0) is 14.9 Å². The lowest BCUT2D eigenvalue weighted by Crippen LogP contribution is -2.44. The van der Waals surface area contributed by atoms with E-state index in [9.17, 15) is 4.79 Å². The fourth-order valence-corrected chi connectivity index (χ4v) is 2.54. The normalized spacial score (nSPS) is 15.3. The zero-order valence-electron chi connectivity index (χ0n) is 11.7. The van der Waals surface area contributed by atoms with Crippen LogP contribution in [-0.4, -0.2) is 13.0 Å². The van der Waals surface area contributed by atoms with Gasteiger partial charge in [0.1, 0.15) is 11.5 Å². The molecule has 0 aliphatic heterocycles. The second-order valence-electron chi connectivity index (χ2n) is 4.96. The summed E-state index contributed by atoms with van der Waals surface area (Å²) >= 11 is 0. The van der Waals surface area contributed by atoms with Crippen molar-refractivity contribution in [1.29, 1.82) is 0 Å². The van der Waals surface area contributed by atoms with E-state index in [1.165, 1.54) is 0 Å². The predicted molar refractivity (Wildman–Crippen MR) is 79.2 cm³/mol. The molecule has 2 aromatic carbocycles. The minimum Gasteiger partial charge on any atom is -0.375 e. The lowest BCUT2D eigenvalue weighted by atomic mass is 9.74. The number of carbonyl (C=O) groups excluding carboxylic acids is 1. The molecule has 2 atom stereocenters. The van der Waals surface area contributed by atoms with Gasteiger partial charge in [0.25, 0.3) is 0 Å². The van der Waals surface area contributed by atoms with E-state index < -0.39 is 17.4 Å². The standard InChI is InChI=1S/C17H19NO2/c1-17(16(18)19,14-11-7-4-8-12-14)15(20-2)13-9-5-3-6-10-13/h3-12,15H,1-2H3,(H2,18,19). The van der Waals surface area contributed by atoms with Crippen molar-refractivity contribution >= 4 is 5.91 Å².